The molecule has 2 aromatic rings. The Morgan fingerprint density at radius 2 is 1.96 bits per heavy atom. The van der Waals surface area contributed by atoms with Crippen LogP contribution < -0.4 is 10.2 Å². The summed E-state index contributed by atoms with van der Waals surface area (Å²) in [6.07, 6.45) is 0.318. The third kappa shape index (κ3) is 1.73. The van der Waals surface area contributed by atoms with Crippen LogP contribution in [0.2, 0.25) is 0 Å². The van der Waals surface area contributed by atoms with E-state index in [9.17, 15) is 19.5 Å². The molecule has 0 aliphatic carbocycles. The smallest absolute Gasteiger partial charge is 0.296 e. The summed E-state index contributed by atoms with van der Waals surface area (Å²) in [5.74, 6) is -2.12. The first-order valence-corrected chi connectivity index (χ1v) is 7.22. The molecule has 120 valence electrons. The molecule has 2 N–H and O–H groups in total. The maximum atomic E-state index is 12.5. The molecular weight excluding hydrogens is 312 g/mol. The summed E-state index contributed by atoms with van der Waals surface area (Å²) >= 11 is 0. The standard InChI is InChI=1S/C16H12N4O4/c1-8(21)11-12(22)16(24)19-13(11)18-14(23)10-7-17-20(15(10)19)9-5-3-2-4-6-9/h2-7,13,22H,1H3,(H,18,23). The van der Waals surface area contributed by atoms with Gasteiger partial charge in [-0.3, -0.25) is 19.3 Å². The number of carbonyl (C=O) groups is 3. The van der Waals surface area contributed by atoms with Crippen molar-refractivity contribution in [1.29, 1.82) is 0 Å². The fourth-order valence-corrected chi connectivity index (χ4v) is 3.01. The van der Waals surface area contributed by atoms with E-state index >= 15 is 0 Å². The maximum absolute atomic E-state index is 12.5. The number of fused-ring (bicyclic) bond motifs is 3. The number of anilines is 1. The maximum Gasteiger partial charge on any atom is 0.296 e. The second kappa shape index (κ2) is 4.79. The van der Waals surface area contributed by atoms with Gasteiger partial charge in [-0.1, -0.05) is 18.2 Å². The number of nitrogens with zero attached hydrogens (tertiary/aromatic N) is 3. The van der Waals surface area contributed by atoms with Gasteiger partial charge in [0.15, 0.2) is 17.4 Å². The van der Waals surface area contributed by atoms with E-state index in [1.165, 1.54) is 22.7 Å². The lowest BCUT2D eigenvalue weighted by Gasteiger charge is -2.31. The molecule has 0 fully saturated rings. The molecule has 0 spiro atoms. The number of aliphatic hydroxyl groups is 1. The molecule has 2 aliphatic rings. The number of hydrogen-bond acceptors (Lipinski definition) is 5. The van der Waals surface area contributed by atoms with E-state index in [2.05, 4.69) is 10.4 Å². The number of Topliss-reactive ketones (excluding diaryl/α,β-unsaturated/α-hetero) is 1. The van der Waals surface area contributed by atoms with E-state index in [1.54, 1.807) is 24.3 Å². The zero-order valence-electron chi connectivity index (χ0n) is 12.6. The number of amides is 2. The Morgan fingerprint density at radius 3 is 2.62 bits per heavy atom. The summed E-state index contributed by atoms with van der Waals surface area (Å²) in [6.45, 7) is 1.23. The quantitative estimate of drug-likeness (QED) is 0.846. The van der Waals surface area contributed by atoms with Gasteiger partial charge >= 0.3 is 0 Å². The SMILES string of the molecule is CC(=O)C1=C(O)C(=O)N2c3c(cnn3-c3ccccc3)C(=O)NC12. The van der Waals surface area contributed by atoms with Gasteiger partial charge in [-0.15, -0.1) is 0 Å². The molecule has 0 bridgehead atoms. The van der Waals surface area contributed by atoms with Crippen molar-refractivity contribution in [2.75, 3.05) is 4.90 Å². The van der Waals surface area contributed by atoms with Crippen molar-refractivity contribution < 1.29 is 19.5 Å². The van der Waals surface area contributed by atoms with E-state index in [1.807, 2.05) is 6.07 Å². The molecular formula is C16H12N4O4. The summed E-state index contributed by atoms with van der Waals surface area (Å²) in [5.41, 5.74) is 0.719. The number of hydrogen-bond donors (Lipinski definition) is 2. The molecule has 1 atom stereocenters. The van der Waals surface area contributed by atoms with Gasteiger partial charge in [-0.25, -0.2) is 4.68 Å². The van der Waals surface area contributed by atoms with Crippen molar-refractivity contribution in [3.63, 3.8) is 0 Å². The largest absolute Gasteiger partial charge is 0.503 e. The van der Waals surface area contributed by atoms with Crippen molar-refractivity contribution in [2.45, 2.75) is 13.1 Å². The summed E-state index contributed by atoms with van der Waals surface area (Å²) in [4.78, 5) is 37.8. The zero-order chi connectivity index (χ0) is 17.0. The van der Waals surface area contributed by atoms with Gasteiger partial charge in [0.05, 0.1) is 17.5 Å². The molecule has 8 nitrogen and oxygen atoms in total. The van der Waals surface area contributed by atoms with Crippen molar-refractivity contribution in [1.82, 2.24) is 15.1 Å². The van der Waals surface area contributed by atoms with Gasteiger partial charge in [-0.05, 0) is 19.1 Å². The van der Waals surface area contributed by atoms with Crippen LogP contribution in [0.3, 0.4) is 0 Å². The highest BCUT2D eigenvalue weighted by Gasteiger charge is 2.49. The topological polar surface area (TPSA) is 105 Å². The van der Waals surface area contributed by atoms with Crippen LogP contribution in [0.25, 0.3) is 5.69 Å². The van der Waals surface area contributed by atoms with Crippen molar-refractivity contribution in [2.24, 2.45) is 0 Å². The molecule has 3 heterocycles. The molecule has 2 amide bonds. The summed E-state index contributed by atoms with van der Waals surface area (Å²) in [6, 6.07) is 8.97. The average Bonchev–Trinajstić information content (AvgIpc) is 3.09. The van der Waals surface area contributed by atoms with Crippen LogP contribution in [0.5, 0.6) is 0 Å². The minimum atomic E-state index is -1.03. The van der Waals surface area contributed by atoms with E-state index in [0.717, 1.165) is 0 Å². The molecule has 0 saturated carbocycles. The molecule has 2 aliphatic heterocycles. The molecule has 0 saturated heterocycles. The van der Waals surface area contributed by atoms with Gasteiger partial charge in [0.1, 0.15) is 11.7 Å². The molecule has 4 rings (SSSR count). The van der Waals surface area contributed by atoms with E-state index in [-0.39, 0.29) is 17.0 Å². The summed E-state index contributed by atoms with van der Waals surface area (Å²) in [5, 5.41) is 16.8. The second-order valence-electron chi connectivity index (χ2n) is 5.50. The summed E-state index contributed by atoms with van der Waals surface area (Å²) in [7, 11) is 0. The van der Waals surface area contributed by atoms with Crippen LogP contribution >= 0.6 is 0 Å². The first-order chi connectivity index (χ1) is 11.5. The molecule has 0 radical (unpaired) electrons. The number of rotatable bonds is 2. The highest BCUT2D eigenvalue weighted by atomic mass is 16.3. The molecule has 1 aromatic carbocycles. The Morgan fingerprint density at radius 1 is 1.25 bits per heavy atom. The highest BCUT2D eigenvalue weighted by molar-refractivity contribution is 6.19. The Hall–Kier alpha value is -3.42. The Kier molecular flexibility index (Phi) is 2.83. The summed E-state index contributed by atoms with van der Waals surface area (Å²) < 4.78 is 1.44. The minimum absolute atomic E-state index is 0.125. The zero-order valence-corrected chi connectivity index (χ0v) is 12.6. The predicted octanol–water partition coefficient (Wildman–Crippen LogP) is 0.689. The Bertz CT molecular complexity index is 929. The normalized spacial score (nSPS) is 19.2. The van der Waals surface area contributed by atoms with Crippen molar-refractivity contribution in [3.05, 3.63) is 53.4 Å². The van der Waals surface area contributed by atoms with Gasteiger partial charge in [0, 0.05) is 0 Å². The Labute approximate surface area is 136 Å². The lowest BCUT2D eigenvalue weighted by molar-refractivity contribution is -0.117. The van der Waals surface area contributed by atoms with Gasteiger partial charge in [0.2, 0.25) is 0 Å². The van der Waals surface area contributed by atoms with Crippen LogP contribution in [0, 0.1) is 0 Å². The number of benzene rings is 1. The first-order valence-electron chi connectivity index (χ1n) is 7.22. The van der Waals surface area contributed by atoms with Crippen LogP contribution in [-0.2, 0) is 9.59 Å². The molecule has 8 heteroatoms. The monoisotopic (exact) mass is 324 g/mol. The van der Waals surface area contributed by atoms with Crippen LogP contribution in [-0.4, -0.2) is 38.7 Å². The molecule has 1 aromatic heterocycles. The fourth-order valence-electron chi connectivity index (χ4n) is 3.01. The number of aromatic nitrogens is 2. The van der Waals surface area contributed by atoms with Crippen molar-refractivity contribution in [3.8, 4) is 5.69 Å². The number of carbonyl (C=O) groups excluding carboxylic acids is 3. The van der Waals surface area contributed by atoms with Gasteiger partial charge < -0.3 is 10.4 Å². The fraction of sp³-hybridized carbons (Fsp3) is 0.125. The average molecular weight is 324 g/mol. The molecule has 1 unspecified atom stereocenters. The van der Waals surface area contributed by atoms with Gasteiger partial charge in [0.25, 0.3) is 11.8 Å². The number of para-hydroxylation sites is 1. The third-order valence-electron chi connectivity index (χ3n) is 4.07. The Balaban J connectivity index is 1.93. The second-order valence-corrected chi connectivity index (χ2v) is 5.50. The number of aliphatic hydroxyl groups excluding tert-OH is 1. The van der Waals surface area contributed by atoms with E-state index in [0.29, 0.717) is 5.69 Å². The van der Waals surface area contributed by atoms with Crippen LogP contribution in [0.1, 0.15) is 17.3 Å². The third-order valence-corrected chi connectivity index (χ3v) is 4.07. The lowest BCUT2D eigenvalue weighted by Crippen LogP contribution is -2.53. The van der Waals surface area contributed by atoms with Gasteiger partial charge in [-0.2, -0.15) is 5.10 Å². The molecule has 24 heavy (non-hydrogen) atoms. The van der Waals surface area contributed by atoms with E-state index in [4.69, 9.17) is 0 Å². The number of nitrogens with one attached hydrogen (secondary N) is 1. The first kappa shape index (κ1) is 14.2. The van der Waals surface area contributed by atoms with Crippen molar-refractivity contribution >= 4 is 23.4 Å². The lowest BCUT2D eigenvalue weighted by atomic mass is 10.1. The van der Waals surface area contributed by atoms with Crippen LogP contribution in [0.4, 0.5) is 5.82 Å². The minimum Gasteiger partial charge on any atom is -0.503 e. The predicted molar refractivity (Wildman–Crippen MR) is 82.6 cm³/mol. The van der Waals surface area contributed by atoms with Crippen LogP contribution in [0.15, 0.2) is 47.9 Å². The van der Waals surface area contributed by atoms with E-state index < -0.39 is 29.5 Å². The highest BCUT2D eigenvalue weighted by Crippen LogP contribution is 2.36. The number of ketones is 1.